The lowest BCUT2D eigenvalue weighted by atomic mass is 10.0. The molecule has 22 heavy (non-hydrogen) atoms. The van der Waals surface area contributed by atoms with Crippen LogP contribution < -0.4 is 14.8 Å². The van der Waals surface area contributed by atoms with Gasteiger partial charge in [0, 0.05) is 18.0 Å². The van der Waals surface area contributed by atoms with Gasteiger partial charge in [-0.1, -0.05) is 0 Å². The van der Waals surface area contributed by atoms with Crippen molar-refractivity contribution in [1.29, 1.82) is 0 Å². The molecule has 0 aliphatic carbocycles. The zero-order valence-corrected chi connectivity index (χ0v) is 13.3. The van der Waals surface area contributed by atoms with Crippen molar-refractivity contribution in [1.82, 2.24) is 5.32 Å². The van der Waals surface area contributed by atoms with Gasteiger partial charge in [-0.3, -0.25) is 4.79 Å². The minimum Gasteiger partial charge on any atom is -0.454 e. The molecule has 1 aromatic carbocycles. The molecule has 0 spiro atoms. The first-order valence-corrected chi connectivity index (χ1v) is 7.17. The molecule has 6 nitrogen and oxygen atoms in total. The summed E-state index contributed by atoms with van der Waals surface area (Å²) in [4.78, 5) is 23.9. The van der Waals surface area contributed by atoms with E-state index in [2.05, 4.69) is 5.32 Å². The fourth-order valence-corrected chi connectivity index (χ4v) is 2.03. The number of ether oxygens (including phenoxy) is 3. The predicted molar refractivity (Wildman–Crippen MR) is 80.3 cm³/mol. The molecule has 0 bridgehead atoms. The molecule has 1 amide bonds. The Bertz CT molecular complexity index is 576. The summed E-state index contributed by atoms with van der Waals surface area (Å²) < 4.78 is 15.6. The normalized spacial score (nSPS) is 14.4. The number of benzene rings is 1. The molecule has 0 radical (unpaired) electrons. The number of hydrogen-bond donors (Lipinski definition) is 1. The van der Waals surface area contributed by atoms with Crippen molar-refractivity contribution in [3.05, 3.63) is 23.8 Å². The monoisotopic (exact) mass is 307 g/mol. The summed E-state index contributed by atoms with van der Waals surface area (Å²) in [6.07, 6.45) is -0.350. The second-order valence-corrected chi connectivity index (χ2v) is 6.24. The fraction of sp³-hybridized carbons (Fsp3) is 0.500. The Morgan fingerprint density at radius 1 is 1.27 bits per heavy atom. The molecule has 0 saturated heterocycles. The highest BCUT2D eigenvalue weighted by Gasteiger charge is 2.21. The summed E-state index contributed by atoms with van der Waals surface area (Å²) in [5, 5.41) is 2.65. The topological polar surface area (TPSA) is 73.9 Å². The third kappa shape index (κ3) is 4.38. The molecular formula is C16H21NO5. The highest BCUT2D eigenvalue weighted by atomic mass is 16.7. The number of ketones is 1. The van der Waals surface area contributed by atoms with Crippen LogP contribution in [0.2, 0.25) is 0 Å². The van der Waals surface area contributed by atoms with E-state index in [1.165, 1.54) is 0 Å². The van der Waals surface area contributed by atoms with Gasteiger partial charge in [0.1, 0.15) is 5.60 Å². The number of rotatable bonds is 4. The van der Waals surface area contributed by atoms with Gasteiger partial charge in [0.05, 0.1) is 0 Å². The largest absolute Gasteiger partial charge is 0.454 e. The summed E-state index contributed by atoms with van der Waals surface area (Å²) in [7, 11) is 0. The summed E-state index contributed by atoms with van der Waals surface area (Å²) in [5.74, 6) is 1.12. The Morgan fingerprint density at radius 2 is 1.95 bits per heavy atom. The van der Waals surface area contributed by atoms with E-state index in [1.807, 2.05) is 0 Å². The van der Waals surface area contributed by atoms with Gasteiger partial charge in [-0.25, -0.2) is 4.79 Å². The molecule has 1 aromatic rings. The van der Waals surface area contributed by atoms with Crippen LogP contribution in [0.1, 0.15) is 44.5 Å². The molecule has 0 aromatic heterocycles. The molecule has 1 N–H and O–H groups in total. The molecule has 1 aliphatic heterocycles. The van der Waals surface area contributed by atoms with E-state index >= 15 is 0 Å². The van der Waals surface area contributed by atoms with Gasteiger partial charge in [0.15, 0.2) is 17.3 Å². The number of amides is 1. The highest BCUT2D eigenvalue weighted by molar-refractivity contribution is 5.97. The number of carbonyl (C=O) groups is 2. The van der Waals surface area contributed by atoms with Crippen molar-refractivity contribution in [2.45, 2.75) is 45.8 Å². The minimum atomic E-state index is -0.564. The zero-order chi connectivity index (χ0) is 16.3. The molecule has 1 aliphatic rings. The van der Waals surface area contributed by atoms with E-state index in [0.29, 0.717) is 17.1 Å². The lowest BCUT2D eigenvalue weighted by Crippen LogP contribution is -2.38. The van der Waals surface area contributed by atoms with Crippen molar-refractivity contribution >= 4 is 11.9 Å². The van der Waals surface area contributed by atoms with Crippen molar-refractivity contribution in [3.8, 4) is 11.5 Å². The summed E-state index contributed by atoms with van der Waals surface area (Å²) in [6, 6.07) is 4.73. The summed E-state index contributed by atoms with van der Waals surface area (Å²) >= 11 is 0. The average Bonchev–Trinajstić information content (AvgIpc) is 2.82. The molecule has 0 saturated carbocycles. The van der Waals surface area contributed by atoms with Gasteiger partial charge in [0.2, 0.25) is 6.79 Å². The molecule has 1 heterocycles. The van der Waals surface area contributed by atoms with Crippen LogP contribution in [-0.4, -0.2) is 30.3 Å². The van der Waals surface area contributed by atoms with Crippen molar-refractivity contribution in [2.24, 2.45) is 0 Å². The quantitative estimate of drug-likeness (QED) is 0.866. The molecule has 6 heteroatoms. The summed E-state index contributed by atoms with van der Waals surface area (Å²) in [6.45, 7) is 7.29. The maximum Gasteiger partial charge on any atom is 0.407 e. The van der Waals surface area contributed by atoms with Crippen molar-refractivity contribution < 1.29 is 23.8 Å². The second-order valence-electron chi connectivity index (χ2n) is 6.24. The molecule has 1 unspecified atom stereocenters. The van der Waals surface area contributed by atoms with E-state index in [1.54, 1.807) is 45.9 Å². The molecule has 1 atom stereocenters. The van der Waals surface area contributed by atoms with Crippen molar-refractivity contribution in [3.63, 3.8) is 0 Å². The van der Waals surface area contributed by atoms with Crippen molar-refractivity contribution in [2.75, 3.05) is 6.79 Å². The molecule has 0 fully saturated rings. The van der Waals surface area contributed by atoms with E-state index < -0.39 is 11.7 Å². The SMILES string of the molecule is CC(CC(=O)c1ccc2c(c1)OCO2)NC(=O)OC(C)(C)C. The number of hydrogen-bond acceptors (Lipinski definition) is 5. The maximum absolute atomic E-state index is 12.2. The standard InChI is InChI=1S/C16H21NO5/c1-10(17-15(19)22-16(2,3)4)7-12(18)11-5-6-13-14(8-11)21-9-20-13/h5-6,8,10H,7,9H2,1-4H3,(H,17,19). The first-order valence-electron chi connectivity index (χ1n) is 7.17. The average molecular weight is 307 g/mol. The van der Waals surface area contributed by atoms with Gasteiger partial charge in [-0.15, -0.1) is 0 Å². The number of Topliss-reactive ketones (excluding diaryl/α,β-unsaturated/α-hetero) is 1. The third-order valence-corrected chi connectivity index (χ3v) is 2.95. The molecular weight excluding hydrogens is 286 g/mol. The molecule has 120 valence electrons. The van der Waals surface area contributed by atoms with Crippen LogP contribution in [0.5, 0.6) is 11.5 Å². The fourth-order valence-electron chi connectivity index (χ4n) is 2.03. The van der Waals surface area contributed by atoms with E-state index in [-0.39, 0.29) is 25.0 Å². The summed E-state index contributed by atoms with van der Waals surface area (Å²) in [5.41, 5.74) is -0.0346. The minimum absolute atomic E-state index is 0.0816. The number of nitrogens with one attached hydrogen (secondary N) is 1. The maximum atomic E-state index is 12.2. The van der Waals surface area contributed by atoms with Gasteiger partial charge < -0.3 is 19.5 Å². The van der Waals surface area contributed by atoms with Gasteiger partial charge in [0.25, 0.3) is 0 Å². The first kappa shape index (κ1) is 16.1. The van der Waals surface area contributed by atoms with Crippen LogP contribution in [0.4, 0.5) is 4.79 Å². The zero-order valence-electron chi connectivity index (χ0n) is 13.3. The number of alkyl carbamates (subject to hydrolysis) is 1. The lowest BCUT2D eigenvalue weighted by Gasteiger charge is -2.21. The molecule has 2 rings (SSSR count). The van der Waals surface area contributed by atoms with Gasteiger partial charge in [-0.2, -0.15) is 0 Å². The second kappa shape index (κ2) is 6.25. The third-order valence-electron chi connectivity index (χ3n) is 2.95. The smallest absolute Gasteiger partial charge is 0.407 e. The van der Waals surface area contributed by atoms with E-state index in [0.717, 1.165) is 0 Å². The van der Waals surface area contributed by atoms with Gasteiger partial charge >= 0.3 is 6.09 Å². The Balaban J connectivity index is 1.90. The lowest BCUT2D eigenvalue weighted by molar-refractivity contribution is 0.0506. The van der Waals surface area contributed by atoms with Crippen LogP contribution in [0.25, 0.3) is 0 Å². The van der Waals surface area contributed by atoms with Gasteiger partial charge in [-0.05, 0) is 45.9 Å². The van der Waals surface area contributed by atoms with Crippen LogP contribution in [0.15, 0.2) is 18.2 Å². The van der Waals surface area contributed by atoms with Crippen LogP contribution in [-0.2, 0) is 4.74 Å². The first-order chi connectivity index (χ1) is 10.2. The Hall–Kier alpha value is -2.24. The number of carbonyl (C=O) groups excluding carboxylic acids is 2. The Morgan fingerprint density at radius 3 is 2.64 bits per heavy atom. The van der Waals surface area contributed by atoms with Crippen LogP contribution in [0, 0.1) is 0 Å². The van der Waals surface area contributed by atoms with E-state index in [4.69, 9.17) is 14.2 Å². The van der Waals surface area contributed by atoms with E-state index in [9.17, 15) is 9.59 Å². The Kier molecular flexibility index (Phi) is 4.59. The highest BCUT2D eigenvalue weighted by Crippen LogP contribution is 2.32. The van der Waals surface area contributed by atoms with Crippen LogP contribution >= 0.6 is 0 Å². The Labute approximate surface area is 129 Å². The predicted octanol–water partition coefficient (Wildman–Crippen LogP) is 2.90. The number of fused-ring (bicyclic) bond motifs is 1. The van der Waals surface area contributed by atoms with Crippen LogP contribution in [0.3, 0.4) is 0 Å².